The van der Waals surface area contributed by atoms with Crippen molar-refractivity contribution in [1.82, 2.24) is 5.32 Å². The monoisotopic (exact) mass is 277 g/mol. The van der Waals surface area contributed by atoms with Crippen molar-refractivity contribution in [3.8, 4) is 5.75 Å². The van der Waals surface area contributed by atoms with Gasteiger partial charge in [0.15, 0.2) is 0 Å². The van der Waals surface area contributed by atoms with Crippen LogP contribution in [0.25, 0.3) is 0 Å². The van der Waals surface area contributed by atoms with E-state index in [1.807, 2.05) is 30.3 Å². The first kappa shape index (κ1) is 15.3. The van der Waals surface area contributed by atoms with Crippen LogP contribution in [0.5, 0.6) is 5.75 Å². The molecule has 3 nitrogen and oxygen atoms in total. The van der Waals surface area contributed by atoms with E-state index in [0.29, 0.717) is 12.1 Å². The predicted molar refractivity (Wildman–Crippen MR) is 82.2 cm³/mol. The van der Waals surface area contributed by atoms with Gasteiger partial charge in [-0.05, 0) is 44.4 Å². The first-order valence-corrected chi connectivity index (χ1v) is 7.91. The van der Waals surface area contributed by atoms with Crippen LogP contribution in [-0.4, -0.2) is 31.9 Å². The summed E-state index contributed by atoms with van der Waals surface area (Å²) >= 11 is 0. The lowest BCUT2D eigenvalue weighted by Crippen LogP contribution is -2.35. The predicted octanol–water partition coefficient (Wildman–Crippen LogP) is 3.39. The zero-order valence-corrected chi connectivity index (χ0v) is 12.5. The fraction of sp³-hybridized carbons (Fsp3) is 0.647. The molecule has 1 saturated carbocycles. The van der Waals surface area contributed by atoms with E-state index in [-0.39, 0.29) is 0 Å². The van der Waals surface area contributed by atoms with Crippen LogP contribution in [0.3, 0.4) is 0 Å². The minimum Gasteiger partial charge on any atom is -0.494 e. The Morgan fingerprint density at radius 2 is 1.80 bits per heavy atom. The van der Waals surface area contributed by atoms with Crippen molar-refractivity contribution in [2.75, 3.05) is 19.8 Å². The van der Waals surface area contributed by atoms with Crippen LogP contribution in [0.4, 0.5) is 0 Å². The van der Waals surface area contributed by atoms with Gasteiger partial charge < -0.3 is 14.8 Å². The largest absolute Gasteiger partial charge is 0.494 e. The van der Waals surface area contributed by atoms with Crippen molar-refractivity contribution >= 4 is 0 Å². The second kappa shape index (κ2) is 8.98. The van der Waals surface area contributed by atoms with Gasteiger partial charge in [-0.2, -0.15) is 0 Å². The van der Waals surface area contributed by atoms with Gasteiger partial charge in [-0.15, -0.1) is 0 Å². The Hall–Kier alpha value is -1.06. The van der Waals surface area contributed by atoms with Crippen LogP contribution < -0.4 is 10.1 Å². The summed E-state index contributed by atoms with van der Waals surface area (Å²) in [7, 11) is 0. The van der Waals surface area contributed by atoms with Crippen LogP contribution in [0.15, 0.2) is 30.3 Å². The summed E-state index contributed by atoms with van der Waals surface area (Å²) in [6.45, 7) is 4.79. The molecule has 1 aromatic carbocycles. The molecule has 0 saturated heterocycles. The molecular formula is C17H27NO2. The molecule has 0 heterocycles. The van der Waals surface area contributed by atoms with E-state index >= 15 is 0 Å². The molecule has 2 rings (SSSR count). The molecule has 1 N–H and O–H groups in total. The lowest BCUT2D eigenvalue weighted by Gasteiger charge is -2.29. The summed E-state index contributed by atoms with van der Waals surface area (Å²) in [6, 6.07) is 10.7. The quantitative estimate of drug-likeness (QED) is 0.739. The highest BCUT2D eigenvalue weighted by Gasteiger charge is 2.20. The second-order valence-corrected chi connectivity index (χ2v) is 5.42. The molecule has 1 aliphatic rings. The Morgan fingerprint density at radius 1 is 1.05 bits per heavy atom. The van der Waals surface area contributed by atoms with Crippen molar-refractivity contribution in [3.05, 3.63) is 30.3 Å². The second-order valence-electron chi connectivity index (χ2n) is 5.42. The Bertz CT molecular complexity index is 347. The number of benzene rings is 1. The average molecular weight is 277 g/mol. The summed E-state index contributed by atoms with van der Waals surface area (Å²) in [5.74, 6) is 0.943. The normalized spacial score (nSPS) is 22.6. The molecular weight excluding hydrogens is 250 g/mol. The van der Waals surface area contributed by atoms with Gasteiger partial charge in [-0.1, -0.05) is 25.1 Å². The minimum absolute atomic E-state index is 0.460. The van der Waals surface area contributed by atoms with Gasteiger partial charge in [-0.3, -0.25) is 0 Å². The number of para-hydroxylation sites is 1. The smallest absolute Gasteiger partial charge is 0.119 e. The van der Waals surface area contributed by atoms with E-state index < -0.39 is 0 Å². The highest BCUT2D eigenvalue weighted by atomic mass is 16.5. The third kappa shape index (κ3) is 5.51. The summed E-state index contributed by atoms with van der Waals surface area (Å²) in [4.78, 5) is 0. The molecule has 112 valence electrons. The molecule has 3 heteroatoms. The molecule has 1 aliphatic carbocycles. The van der Waals surface area contributed by atoms with E-state index in [9.17, 15) is 0 Å². The van der Waals surface area contributed by atoms with Gasteiger partial charge in [0.05, 0.1) is 19.3 Å². The summed E-state index contributed by atoms with van der Waals surface area (Å²) in [5.41, 5.74) is 0. The number of rotatable bonds is 8. The van der Waals surface area contributed by atoms with Gasteiger partial charge >= 0.3 is 0 Å². The maximum Gasteiger partial charge on any atom is 0.119 e. The first-order valence-electron chi connectivity index (χ1n) is 7.91. The van der Waals surface area contributed by atoms with E-state index in [2.05, 4.69) is 12.2 Å². The topological polar surface area (TPSA) is 30.5 Å². The van der Waals surface area contributed by atoms with Crippen LogP contribution in [0.2, 0.25) is 0 Å². The van der Waals surface area contributed by atoms with Gasteiger partial charge in [0.25, 0.3) is 0 Å². The van der Waals surface area contributed by atoms with Gasteiger partial charge in [-0.25, -0.2) is 0 Å². The highest BCUT2D eigenvalue weighted by molar-refractivity contribution is 5.20. The molecule has 20 heavy (non-hydrogen) atoms. The molecule has 0 atom stereocenters. The van der Waals surface area contributed by atoms with Gasteiger partial charge in [0.2, 0.25) is 0 Å². The van der Waals surface area contributed by atoms with Crippen molar-refractivity contribution < 1.29 is 9.47 Å². The summed E-state index contributed by atoms with van der Waals surface area (Å²) in [5, 5.41) is 3.52. The molecule has 0 spiro atoms. The van der Waals surface area contributed by atoms with Gasteiger partial charge in [0.1, 0.15) is 5.75 Å². The fourth-order valence-electron chi connectivity index (χ4n) is 2.74. The third-order valence-electron chi connectivity index (χ3n) is 3.82. The van der Waals surface area contributed by atoms with Crippen molar-refractivity contribution in [2.24, 2.45) is 0 Å². The van der Waals surface area contributed by atoms with E-state index in [1.165, 1.54) is 25.7 Å². The molecule has 0 unspecified atom stereocenters. The third-order valence-corrected chi connectivity index (χ3v) is 3.82. The average Bonchev–Trinajstić information content (AvgIpc) is 2.50. The number of hydrogen-bond acceptors (Lipinski definition) is 3. The number of nitrogens with one attached hydrogen (secondary N) is 1. The minimum atomic E-state index is 0.460. The molecule has 1 aromatic rings. The first-order chi connectivity index (χ1) is 9.88. The molecule has 0 bridgehead atoms. The van der Waals surface area contributed by atoms with Crippen molar-refractivity contribution in [1.29, 1.82) is 0 Å². The van der Waals surface area contributed by atoms with Crippen LogP contribution >= 0.6 is 0 Å². The molecule has 0 radical (unpaired) electrons. The summed E-state index contributed by atoms with van der Waals surface area (Å²) in [6.07, 6.45) is 6.30. The number of hydrogen-bond donors (Lipinski definition) is 1. The number of ether oxygens (including phenoxy) is 2. The lowest BCUT2D eigenvalue weighted by atomic mass is 9.93. The Morgan fingerprint density at radius 3 is 2.50 bits per heavy atom. The Labute approximate surface area is 122 Å². The molecule has 0 amide bonds. The van der Waals surface area contributed by atoms with Crippen molar-refractivity contribution in [3.63, 3.8) is 0 Å². The van der Waals surface area contributed by atoms with Crippen LogP contribution in [0.1, 0.15) is 39.0 Å². The maximum absolute atomic E-state index is 5.94. The SMILES string of the molecule is CCNC1CCC(OCCCOc2ccccc2)CC1. The molecule has 0 aliphatic heterocycles. The molecule has 0 aromatic heterocycles. The van der Waals surface area contributed by atoms with Crippen molar-refractivity contribution in [2.45, 2.75) is 51.2 Å². The zero-order valence-electron chi connectivity index (χ0n) is 12.5. The van der Waals surface area contributed by atoms with Gasteiger partial charge in [0, 0.05) is 12.5 Å². The standard InChI is InChI=1S/C17H27NO2/c1-2-18-15-9-11-17(12-10-15)20-14-6-13-19-16-7-4-3-5-8-16/h3-5,7-8,15,17-18H,2,6,9-14H2,1H3. The van der Waals surface area contributed by atoms with E-state index in [1.54, 1.807) is 0 Å². The highest BCUT2D eigenvalue weighted by Crippen LogP contribution is 2.21. The lowest BCUT2D eigenvalue weighted by molar-refractivity contribution is 0.0172. The van der Waals surface area contributed by atoms with E-state index in [0.717, 1.165) is 31.9 Å². The molecule has 1 fully saturated rings. The summed E-state index contributed by atoms with van der Waals surface area (Å²) < 4.78 is 11.6. The van der Waals surface area contributed by atoms with Crippen LogP contribution in [0, 0.1) is 0 Å². The van der Waals surface area contributed by atoms with Crippen LogP contribution in [-0.2, 0) is 4.74 Å². The van der Waals surface area contributed by atoms with E-state index in [4.69, 9.17) is 9.47 Å². The Kier molecular flexibility index (Phi) is 6.89. The zero-order chi connectivity index (χ0) is 14.0. The Balaban J connectivity index is 1.50. The maximum atomic E-state index is 5.94. The fourth-order valence-corrected chi connectivity index (χ4v) is 2.74.